The highest BCUT2D eigenvalue weighted by Crippen LogP contribution is 2.25. The predicted molar refractivity (Wildman–Crippen MR) is 95.5 cm³/mol. The molecule has 1 aliphatic rings. The van der Waals surface area contributed by atoms with Gasteiger partial charge in [-0.05, 0) is 11.6 Å². The largest absolute Gasteiger partial charge is 0.328 e. The van der Waals surface area contributed by atoms with Crippen molar-refractivity contribution in [1.82, 2.24) is 20.4 Å². The van der Waals surface area contributed by atoms with Gasteiger partial charge in [-0.15, -0.1) is 0 Å². The number of piperazine rings is 1. The highest BCUT2D eigenvalue weighted by Gasteiger charge is 2.30. The van der Waals surface area contributed by atoms with Crippen LogP contribution in [0, 0.1) is 0 Å². The van der Waals surface area contributed by atoms with Crippen LogP contribution in [0.25, 0.3) is 10.8 Å². The van der Waals surface area contributed by atoms with E-state index in [1.807, 2.05) is 41.3 Å². The lowest BCUT2D eigenvalue weighted by Gasteiger charge is -2.36. The van der Waals surface area contributed by atoms with Crippen molar-refractivity contribution in [2.75, 3.05) is 19.6 Å². The van der Waals surface area contributed by atoms with Crippen LogP contribution in [0.5, 0.6) is 0 Å². The van der Waals surface area contributed by atoms with Crippen LogP contribution >= 0.6 is 0 Å². The summed E-state index contributed by atoms with van der Waals surface area (Å²) < 4.78 is 0. The van der Waals surface area contributed by atoms with Crippen molar-refractivity contribution in [3.05, 3.63) is 76.2 Å². The van der Waals surface area contributed by atoms with E-state index in [-0.39, 0.29) is 23.2 Å². The molecular formula is C19H18N4O2. The van der Waals surface area contributed by atoms with Crippen LogP contribution in [-0.4, -0.2) is 40.6 Å². The molecule has 0 spiro atoms. The monoisotopic (exact) mass is 334 g/mol. The van der Waals surface area contributed by atoms with Gasteiger partial charge in [0.2, 0.25) is 0 Å². The van der Waals surface area contributed by atoms with Gasteiger partial charge in [0, 0.05) is 25.0 Å². The standard InChI is InChI=1S/C19H18N4O2/c24-18-15-9-5-4-8-14(15)17(21-22-18)19(25)23-11-10-20-12-16(23)13-6-2-1-3-7-13/h1-9,16,20H,10-12H2,(H,22,24)/t16-/m0/s1. The number of hydrogen-bond acceptors (Lipinski definition) is 4. The third-order valence-corrected chi connectivity index (χ3v) is 4.59. The first kappa shape index (κ1) is 15.5. The molecule has 1 amide bonds. The number of amides is 1. The Morgan fingerprint density at radius 1 is 1.04 bits per heavy atom. The summed E-state index contributed by atoms with van der Waals surface area (Å²) in [7, 11) is 0. The first-order chi connectivity index (χ1) is 12.3. The number of hydrogen-bond donors (Lipinski definition) is 2. The summed E-state index contributed by atoms with van der Waals surface area (Å²) in [6.07, 6.45) is 0. The molecule has 3 aromatic rings. The normalized spacial score (nSPS) is 17.6. The van der Waals surface area contributed by atoms with E-state index in [4.69, 9.17) is 0 Å². The summed E-state index contributed by atoms with van der Waals surface area (Å²) in [6, 6.07) is 17.0. The second kappa shape index (κ2) is 6.49. The molecule has 2 heterocycles. The van der Waals surface area contributed by atoms with Crippen LogP contribution in [0.4, 0.5) is 0 Å². The zero-order valence-corrected chi connectivity index (χ0v) is 13.6. The Labute approximate surface area is 144 Å². The zero-order chi connectivity index (χ0) is 17.2. The number of benzene rings is 2. The van der Waals surface area contributed by atoms with Crippen molar-refractivity contribution < 1.29 is 4.79 Å². The first-order valence-corrected chi connectivity index (χ1v) is 8.30. The Balaban J connectivity index is 1.77. The molecule has 0 aliphatic carbocycles. The first-order valence-electron chi connectivity index (χ1n) is 8.30. The van der Waals surface area contributed by atoms with E-state index in [1.165, 1.54) is 0 Å². The molecule has 25 heavy (non-hydrogen) atoms. The molecule has 1 aromatic heterocycles. The molecule has 0 saturated carbocycles. The van der Waals surface area contributed by atoms with Crippen LogP contribution in [0.2, 0.25) is 0 Å². The third-order valence-electron chi connectivity index (χ3n) is 4.59. The van der Waals surface area contributed by atoms with Gasteiger partial charge >= 0.3 is 0 Å². The van der Waals surface area contributed by atoms with Crippen molar-refractivity contribution in [3.8, 4) is 0 Å². The molecular weight excluding hydrogens is 316 g/mol. The molecule has 1 aliphatic heterocycles. The van der Waals surface area contributed by atoms with E-state index < -0.39 is 0 Å². The maximum atomic E-state index is 13.2. The summed E-state index contributed by atoms with van der Waals surface area (Å²) in [6.45, 7) is 2.01. The van der Waals surface area contributed by atoms with Gasteiger partial charge < -0.3 is 10.2 Å². The fourth-order valence-electron chi connectivity index (χ4n) is 3.33. The second-order valence-corrected chi connectivity index (χ2v) is 6.08. The molecule has 0 unspecified atom stereocenters. The topological polar surface area (TPSA) is 78.1 Å². The number of aromatic amines is 1. The lowest BCUT2D eigenvalue weighted by atomic mass is 10.0. The second-order valence-electron chi connectivity index (χ2n) is 6.08. The Morgan fingerprint density at radius 3 is 2.56 bits per heavy atom. The summed E-state index contributed by atoms with van der Waals surface area (Å²) in [4.78, 5) is 27.0. The van der Waals surface area contributed by atoms with Crippen molar-refractivity contribution in [3.63, 3.8) is 0 Å². The number of fused-ring (bicyclic) bond motifs is 1. The maximum absolute atomic E-state index is 13.2. The van der Waals surface area contributed by atoms with Crippen LogP contribution in [0.1, 0.15) is 22.1 Å². The van der Waals surface area contributed by atoms with Gasteiger partial charge in [0.05, 0.1) is 11.4 Å². The van der Waals surface area contributed by atoms with E-state index in [0.29, 0.717) is 23.9 Å². The molecule has 2 N–H and O–H groups in total. The number of carbonyl (C=O) groups is 1. The molecule has 1 saturated heterocycles. The van der Waals surface area contributed by atoms with Crippen LogP contribution in [0.15, 0.2) is 59.4 Å². The van der Waals surface area contributed by atoms with Crippen LogP contribution in [-0.2, 0) is 0 Å². The quantitative estimate of drug-likeness (QED) is 0.748. The third kappa shape index (κ3) is 2.81. The van der Waals surface area contributed by atoms with Crippen molar-refractivity contribution in [2.45, 2.75) is 6.04 Å². The number of aromatic nitrogens is 2. The van der Waals surface area contributed by atoms with E-state index in [1.54, 1.807) is 18.2 Å². The highest BCUT2D eigenvalue weighted by atomic mass is 16.2. The van der Waals surface area contributed by atoms with Gasteiger partial charge in [0.25, 0.3) is 11.5 Å². The molecule has 6 nitrogen and oxygen atoms in total. The summed E-state index contributed by atoms with van der Waals surface area (Å²) in [5, 5.41) is 10.9. The Morgan fingerprint density at radius 2 is 1.76 bits per heavy atom. The summed E-state index contributed by atoms with van der Waals surface area (Å²) in [5.41, 5.74) is 1.09. The SMILES string of the molecule is O=C(c1n[nH]c(=O)c2ccccc12)N1CCNC[C@H]1c1ccccc1. The van der Waals surface area contributed by atoms with Crippen LogP contribution in [0.3, 0.4) is 0 Å². The fraction of sp³-hybridized carbons (Fsp3) is 0.211. The lowest BCUT2D eigenvalue weighted by Crippen LogP contribution is -2.49. The van der Waals surface area contributed by atoms with Crippen molar-refractivity contribution >= 4 is 16.7 Å². The number of H-pyrrole nitrogens is 1. The maximum Gasteiger partial charge on any atom is 0.275 e. The van der Waals surface area contributed by atoms with E-state index in [9.17, 15) is 9.59 Å². The molecule has 1 fully saturated rings. The lowest BCUT2D eigenvalue weighted by molar-refractivity contribution is 0.0629. The van der Waals surface area contributed by atoms with Gasteiger partial charge in [-0.3, -0.25) is 9.59 Å². The predicted octanol–water partition coefficient (Wildman–Crippen LogP) is 1.71. The molecule has 2 aromatic carbocycles. The van der Waals surface area contributed by atoms with Crippen LogP contribution < -0.4 is 10.9 Å². The zero-order valence-electron chi connectivity index (χ0n) is 13.6. The van der Waals surface area contributed by atoms with Gasteiger partial charge in [-0.1, -0.05) is 48.5 Å². The smallest absolute Gasteiger partial charge is 0.275 e. The van der Waals surface area contributed by atoms with Crippen molar-refractivity contribution in [1.29, 1.82) is 0 Å². The van der Waals surface area contributed by atoms with E-state index >= 15 is 0 Å². The number of rotatable bonds is 2. The van der Waals surface area contributed by atoms with Gasteiger partial charge in [0.15, 0.2) is 5.69 Å². The highest BCUT2D eigenvalue weighted by molar-refractivity contribution is 6.04. The minimum atomic E-state index is -0.285. The Kier molecular flexibility index (Phi) is 4.03. The fourth-order valence-corrected chi connectivity index (χ4v) is 3.33. The summed E-state index contributed by atoms with van der Waals surface area (Å²) in [5.74, 6) is -0.164. The Hall–Kier alpha value is -2.99. The molecule has 0 bridgehead atoms. The molecule has 6 heteroatoms. The average molecular weight is 334 g/mol. The minimum absolute atomic E-state index is 0.0602. The van der Waals surface area contributed by atoms with Gasteiger partial charge in [-0.25, -0.2) is 5.10 Å². The van der Waals surface area contributed by atoms with Gasteiger partial charge in [-0.2, -0.15) is 5.10 Å². The Bertz CT molecular complexity index is 968. The molecule has 0 radical (unpaired) electrons. The number of nitrogens with one attached hydrogen (secondary N) is 2. The molecule has 1 atom stereocenters. The minimum Gasteiger partial charge on any atom is -0.328 e. The molecule has 126 valence electrons. The summed E-state index contributed by atoms with van der Waals surface area (Å²) >= 11 is 0. The van der Waals surface area contributed by atoms with Gasteiger partial charge in [0.1, 0.15) is 0 Å². The molecule has 4 rings (SSSR count). The van der Waals surface area contributed by atoms with E-state index in [2.05, 4.69) is 15.5 Å². The number of nitrogens with zero attached hydrogens (tertiary/aromatic N) is 2. The van der Waals surface area contributed by atoms with E-state index in [0.717, 1.165) is 12.1 Å². The number of carbonyl (C=O) groups excluding carboxylic acids is 1. The van der Waals surface area contributed by atoms with Crippen molar-refractivity contribution in [2.24, 2.45) is 0 Å². The average Bonchev–Trinajstić information content (AvgIpc) is 2.69.